The highest BCUT2D eigenvalue weighted by molar-refractivity contribution is 7.05. The van der Waals surface area contributed by atoms with E-state index in [1.54, 1.807) is 0 Å². The van der Waals surface area contributed by atoms with Gasteiger partial charge in [-0.2, -0.15) is 0 Å². The van der Waals surface area contributed by atoms with Gasteiger partial charge in [0.1, 0.15) is 0 Å². The molecule has 0 saturated carbocycles. The third-order valence-corrected chi connectivity index (χ3v) is 3.91. The van der Waals surface area contributed by atoms with Crippen LogP contribution in [0.2, 0.25) is 0 Å². The molecular weight excluding hydrogens is 249 g/mol. The first kappa shape index (κ1) is 18.0. The Morgan fingerprint density at radius 1 is 0.850 bits per heavy atom. The van der Waals surface area contributed by atoms with E-state index in [2.05, 4.69) is 13.8 Å². The summed E-state index contributed by atoms with van der Waals surface area (Å²) in [4.78, 5) is 0. The number of piperidine rings is 1. The fourth-order valence-electron chi connectivity index (χ4n) is 2.53. The summed E-state index contributed by atoms with van der Waals surface area (Å²) in [5, 5.41) is 32.3. The smallest absolute Gasteiger partial charge is 0.324 e. The van der Waals surface area contributed by atoms with Crippen molar-refractivity contribution in [3.63, 3.8) is 0 Å². The molecule has 0 unspecified atom stereocenters. The zero-order valence-corrected chi connectivity index (χ0v) is 12.5. The molecule has 0 amide bonds. The van der Waals surface area contributed by atoms with E-state index in [0.29, 0.717) is 0 Å². The number of likely N-dealkylation sites (tertiary alicyclic amines) is 1. The summed E-state index contributed by atoms with van der Waals surface area (Å²) in [5.41, 5.74) is 0. The zero-order valence-electron chi connectivity index (χ0n) is 12.5. The summed E-state index contributed by atoms with van der Waals surface area (Å²) in [5.74, 6) is 5.38. The van der Waals surface area contributed by atoms with Gasteiger partial charge in [-0.05, 0) is 32.6 Å². The monoisotopic (exact) mass is 271 g/mol. The minimum atomic E-state index is -2.72. The first-order valence-electron chi connectivity index (χ1n) is 7.23. The van der Waals surface area contributed by atoms with Crippen LogP contribution >= 0.6 is 0 Å². The number of nitriles is 4. The van der Waals surface area contributed by atoms with Crippen molar-refractivity contribution in [2.75, 3.05) is 26.2 Å². The van der Waals surface area contributed by atoms with Crippen molar-refractivity contribution in [1.29, 1.82) is 21.0 Å². The van der Waals surface area contributed by atoms with E-state index in [1.807, 2.05) is 0 Å². The summed E-state index contributed by atoms with van der Waals surface area (Å²) in [6, 6.07) is 0. The lowest BCUT2D eigenvalue weighted by molar-refractivity contribution is -0.930. The molecule has 5 nitrogen and oxygen atoms in total. The van der Waals surface area contributed by atoms with Gasteiger partial charge in [0.05, 0.1) is 26.2 Å². The molecule has 20 heavy (non-hydrogen) atoms. The van der Waals surface area contributed by atoms with E-state index in [9.17, 15) is 0 Å². The molecule has 1 saturated heterocycles. The minimum absolute atomic E-state index is 1.34. The van der Waals surface area contributed by atoms with Crippen LogP contribution in [0, 0.1) is 44.9 Å². The molecule has 1 aliphatic rings. The van der Waals surface area contributed by atoms with Crippen molar-refractivity contribution in [3.05, 3.63) is 0 Å². The zero-order chi connectivity index (χ0) is 15.5. The molecule has 1 aliphatic heterocycles. The first-order chi connectivity index (χ1) is 9.57. The maximum Gasteiger partial charge on any atom is 0.383 e. The lowest BCUT2D eigenvalue weighted by Gasteiger charge is -2.40. The summed E-state index contributed by atoms with van der Waals surface area (Å²) in [6.45, 7) is 10.3. The van der Waals surface area contributed by atoms with Crippen molar-refractivity contribution >= 4 is 6.15 Å². The van der Waals surface area contributed by atoms with E-state index < -0.39 is 6.15 Å². The summed E-state index contributed by atoms with van der Waals surface area (Å²) in [6.07, 6.45) is 3.04. The van der Waals surface area contributed by atoms with E-state index in [1.165, 1.54) is 80.2 Å². The fourth-order valence-corrected chi connectivity index (χ4v) is 2.53. The molecule has 0 aromatic rings. The summed E-state index contributed by atoms with van der Waals surface area (Å²) >= 11 is 0. The molecule has 0 aromatic carbocycles. The Morgan fingerprint density at radius 3 is 1.55 bits per heavy atom. The van der Waals surface area contributed by atoms with Gasteiger partial charge in [0.25, 0.3) is 0 Å². The number of quaternary nitrogens is 1. The van der Waals surface area contributed by atoms with Crippen LogP contribution in [0.25, 0.3) is 0 Å². The first-order valence-corrected chi connectivity index (χ1v) is 7.23. The lowest BCUT2D eigenvalue weighted by atomic mass is 9.30. The van der Waals surface area contributed by atoms with E-state index >= 15 is 0 Å². The molecule has 0 aromatic heterocycles. The maximum atomic E-state index is 8.09. The molecule has 0 bridgehead atoms. The normalized spacial score (nSPS) is 16.3. The molecule has 0 N–H and O–H groups in total. The molecule has 1 heterocycles. The Morgan fingerprint density at radius 2 is 1.30 bits per heavy atom. The molecule has 1 fully saturated rings. The van der Waals surface area contributed by atoms with E-state index in [0.717, 1.165) is 0 Å². The molecule has 0 aliphatic carbocycles. The number of rotatable bonds is 3. The second-order valence-corrected chi connectivity index (χ2v) is 5.27. The van der Waals surface area contributed by atoms with Crippen LogP contribution in [0.4, 0.5) is 0 Å². The molecule has 106 valence electrons. The van der Waals surface area contributed by atoms with Crippen LogP contribution in [0.1, 0.15) is 39.5 Å². The molecular formula is C14H22BN5. The Bertz CT molecular complexity index is 387. The molecule has 6 heteroatoms. The van der Waals surface area contributed by atoms with Crippen molar-refractivity contribution in [2.45, 2.75) is 39.5 Å². The van der Waals surface area contributed by atoms with Crippen LogP contribution < -0.4 is 0 Å². The van der Waals surface area contributed by atoms with E-state index in [4.69, 9.17) is 21.0 Å². The Labute approximate surface area is 122 Å². The fraction of sp³-hybridized carbons (Fsp3) is 0.714. The average molecular weight is 271 g/mol. The van der Waals surface area contributed by atoms with Crippen LogP contribution in [0.15, 0.2) is 0 Å². The van der Waals surface area contributed by atoms with Gasteiger partial charge in [0, 0.05) is 0 Å². The summed E-state index contributed by atoms with van der Waals surface area (Å²) in [7, 11) is 0. The van der Waals surface area contributed by atoms with Gasteiger partial charge in [0.15, 0.2) is 0 Å². The third-order valence-electron chi connectivity index (χ3n) is 3.91. The minimum Gasteiger partial charge on any atom is -0.324 e. The summed E-state index contributed by atoms with van der Waals surface area (Å²) < 4.78 is 1.41. The second-order valence-electron chi connectivity index (χ2n) is 5.27. The van der Waals surface area contributed by atoms with Gasteiger partial charge in [0.2, 0.25) is 0 Å². The van der Waals surface area contributed by atoms with Crippen molar-refractivity contribution in [1.82, 2.24) is 0 Å². The van der Waals surface area contributed by atoms with Gasteiger partial charge < -0.3 is 4.48 Å². The van der Waals surface area contributed by atoms with Crippen LogP contribution in [0.5, 0.6) is 0 Å². The highest BCUT2D eigenvalue weighted by Gasteiger charge is 2.26. The van der Waals surface area contributed by atoms with Crippen LogP contribution in [-0.4, -0.2) is 36.8 Å². The van der Waals surface area contributed by atoms with Crippen LogP contribution in [-0.2, 0) is 0 Å². The Hall–Kier alpha value is -2.02. The van der Waals surface area contributed by atoms with Crippen molar-refractivity contribution < 1.29 is 4.48 Å². The maximum absolute atomic E-state index is 8.09. The van der Waals surface area contributed by atoms with Gasteiger partial charge in [-0.25, -0.2) is 21.0 Å². The predicted octanol–water partition coefficient (Wildman–Crippen LogP) is 2.10. The molecule has 0 radical (unpaired) electrons. The standard InChI is InChI=1S/C10H22N.C4BN4/c1-3-8-11(4-2)9-6-5-7-10-11;6-1-5(2-7,3-8)4-9/h3-10H2,1-2H3;/q+1;-1. The topological polar surface area (TPSA) is 95.2 Å². The highest BCUT2D eigenvalue weighted by Crippen LogP contribution is 2.18. The Kier molecular flexibility index (Phi) is 8.07. The lowest BCUT2D eigenvalue weighted by Crippen LogP contribution is -2.51. The van der Waals surface area contributed by atoms with E-state index in [-0.39, 0.29) is 0 Å². The largest absolute Gasteiger partial charge is 0.383 e. The SMILES string of the molecule is CCC[N+]1(CC)CCCCC1.N#C[B-](C#N)(C#N)C#N. The average Bonchev–Trinajstić information content (AvgIpc) is 2.52. The van der Waals surface area contributed by atoms with Crippen LogP contribution in [0.3, 0.4) is 0 Å². The number of hydrogen-bond acceptors (Lipinski definition) is 4. The van der Waals surface area contributed by atoms with Gasteiger partial charge >= 0.3 is 6.15 Å². The molecule has 0 spiro atoms. The Balaban J connectivity index is 0.000000370. The number of hydrogen-bond donors (Lipinski definition) is 0. The second kappa shape index (κ2) is 8.98. The number of nitrogens with zero attached hydrogens (tertiary/aromatic N) is 5. The third kappa shape index (κ3) is 4.93. The van der Waals surface area contributed by atoms with Crippen molar-refractivity contribution in [3.8, 4) is 23.9 Å². The predicted molar refractivity (Wildman–Crippen MR) is 77.8 cm³/mol. The molecule has 0 atom stereocenters. The highest BCUT2D eigenvalue weighted by atomic mass is 15.3. The van der Waals surface area contributed by atoms with Crippen molar-refractivity contribution in [2.24, 2.45) is 0 Å². The van der Waals surface area contributed by atoms with Gasteiger partial charge in [-0.15, -0.1) is 23.9 Å². The van der Waals surface area contributed by atoms with Gasteiger partial charge in [-0.3, -0.25) is 0 Å². The molecule has 1 rings (SSSR count). The van der Waals surface area contributed by atoms with Gasteiger partial charge in [-0.1, -0.05) is 6.92 Å². The quantitative estimate of drug-likeness (QED) is 0.580.